The average Bonchev–Trinajstić information content (AvgIpc) is 2.84. The minimum absolute atomic E-state index is 0.0833. The van der Waals surface area contributed by atoms with Gasteiger partial charge >= 0.3 is 5.97 Å². The van der Waals surface area contributed by atoms with Crippen LogP contribution in [0, 0.1) is 0 Å². The molecule has 6 nitrogen and oxygen atoms in total. The van der Waals surface area contributed by atoms with Crippen LogP contribution in [0.1, 0.15) is 53.4 Å². The van der Waals surface area contributed by atoms with Gasteiger partial charge in [-0.15, -0.1) is 11.3 Å². The van der Waals surface area contributed by atoms with Crippen LogP contribution in [0.25, 0.3) is 0 Å². The smallest absolute Gasteiger partial charge is 0.305 e. The number of carbonyl (C=O) groups is 3. The molecule has 2 rings (SSSR count). The summed E-state index contributed by atoms with van der Waals surface area (Å²) >= 11 is 1.46. The van der Waals surface area contributed by atoms with Crippen molar-refractivity contribution in [3.8, 4) is 0 Å². The minimum Gasteiger partial charge on any atom is -0.481 e. The molecule has 0 fully saturated rings. The van der Waals surface area contributed by atoms with Gasteiger partial charge in [-0.3, -0.25) is 14.4 Å². The maximum atomic E-state index is 12.4. The number of hydrogen-bond donors (Lipinski definition) is 3. The predicted octanol–water partition coefficient (Wildman–Crippen LogP) is 2.18. The van der Waals surface area contributed by atoms with Crippen LogP contribution in [-0.4, -0.2) is 29.4 Å². The second-order valence-electron chi connectivity index (χ2n) is 5.22. The van der Waals surface area contributed by atoms with Gasteiger partial charge in [0.1, 0.15) is 5.00 Å². The average molecular weight is 324 g/mol. The van der Waals surface area contributed by atoms with Crippen LogP contribution in [0.3, 0.4) is 0 Å². The fourth-order valence-corrected chi connectivity index (χ4v) is 3.78. The number of carboxylic acid groups (broad SMARTS) is 1. The molecule has 0 unspecified atom stereocenters. The maximum Gasteiger partial charge on any atom is 0.305 e. The number of carboxylic acids is 1. The van der Waals surface area contributed by atoms with Crippen molar-refractivity contribution >= 4 is 34.1 Å². The number of thiophene rings is 1. The van der Waals surface area contributed by atoms with Crippen molar-refractivity contribution in [1.29, 1.82) is 0 Å². The summed E-state index contributed by atoms with van der Waals surface area (Å²) in [6.45, 7) is 1.84. The molecule has 1 aliphatic rings. The van der Waals surface area contributed by atoms with Gasteiger partial charge in [0.2, 0.25) is 5.91 Å². The van der Waals surface area contributed by atoms with Gasteiger partial charge in [0, 0.05) is 17.8 Å². The lowest BCUT2D eigenvalue weighted by Gasteiger charge is -2.13. The summed E-state index contributed by atoms with van der Waals surface area (Å²) in [6, 6.07) is 0. The largest absolute Gasteiger partial charge is 0.481 e. The highest BCUT2D eigenvalue weighted by Gasteiger charge is 2.26. The molecular formula is C15H20N2O4S. The molecule has 3 N–H and O–H groups in total. The van der Waals surface area contributed by atoms with Crippen LogP contribution >= 0.6 is 11.3 Å². The summed E-state index contributed by atoms with van der Waals surface area (Å²) in [5.41, 5.74) is 1.53. The van der Waals surface area contributed by atoms with E-state index in [0.717, 1.165) is 36.1 Å². The van der Waals surface area contributed by atoms with Crippen LogP contribution in [0.4, 0.5) is 5.00 Å². The molecule has 120 valence electrons. The Hall–Kier alpha value is -1.89. The standard InChI is InChI=1S/C15H20N2O4S/c1-2-11(18)17-15-13(14(21)16-8-7-12(19)20)9-5-3-4-6-10(9)22-15/h2-8H2,1H3,(H,16,21)(H,17,18)(H,19,20). The molecular weight excluding hydrogens is 304 g/mol. The fourth-order valence-electron chi connectivity index (χ4n) is 2.48. The van der Waals surface area contributed by atoms with Gasteiger partial charge in [0.05, 0.1) is 12.0 Å². The van der Waals surface area contributed by atoms with Gasteiger partial charge in [0.25, 0.3) is 5.91 Å². The van der Waals surface area contributed by atoms with Gasteiger partial charge in [-0.2, -0.15) is 0 Å². The molecule has 22 heavy (non-hydrogen) atoms. The Morgan fingerprint density at radius 2 is 1.95 bits per heavy atom. The predicted molar refractivity (Wildman–Crippen MR) is 84.5 cm³/mol. The van der Waals surface area contributed by atoms with Gasteiger partial charge < -0.3 is 15.7 Å². The number of carbonyl (C=O) groups excluding carboxylic acids is 2. The van der Waals surface area contributed by atoms with Crippen molar-refractivity contribution in [2.75, 3.05) is 11.9 Å². The van der Waals surface area contributed by atoms with Crippen molar-refractivity contribution in [2.45, 2.75) is 45.4 Å². The quantitative estimate of drug-likeness (QED) is 0.747. The zero-order valence-corrected chi connectivity index (χ0v) is 13.3. The molecule has 1 aromatic heterocycles. The Balaban J connectivity index is 2.22. The number of nitrogens with one attached hydrogen (secondary N) is 2. The Labute approximate surface area is 132 Å². The topological polar surface area (TPSA) is 95.5 Å². The van der Waals surface area contributed by atoms with Crippen molar-refractivity contribution in [3.05, 3.63) is 16.0 Å². The van der Waals surface area contributed by atoms with Crippen molar-refractivity contribution in [3.63, 3.8) is 0 Å². The molecule has 1 aliphatic carbocycles. The third-order valence-electron chi connectivity index (χ3n) is 3.60. The third kappa shape index (κ3) is 3.85. The van der Waals surface area contributed by atoms with Crippen molar-refractivity contribution in [1.82, 2.24) is 5.32 Å². The number of rotatable bonds is 6. The van der Waals surface area contributed by atoms with E-state index in [4.69, 9.17) is 5.11 Å². The Morgan fingerprint density at radius 1 is 1.23 bits per heavy atom. The highest BCUT2D eigenvalue weighted by atomic mass is 32.1. The lowest BCUT2D eigenvalue weighted by Crippen LogP contribution is -2.28. The van der Waals surface area contributed by atoms with Crippen LogP contribution in [-0.2, 0) is 22.4 Å². The molecule has 0 atom stereocenters. The van der Waals surface area contributed by atoms with E-state index in [9.17, 15) is 14.4 Å². The number of aliphatic carboxylic acids is 1. The first-order valence-corrected chi connectivity index (χ1v) is 8.29. The number of aryl methyl sites for hydroxylation is 1. The Morgan fingerprint density at radius 3 is 2.64 bits per heavy atom. The fraction of sp³-hybridized carbons (Fsp3) is 0.533. The third-order valence-corrected chi connectivity index (χ3v) is 4.80. The first kappa shape index (κ1) is 16.5. The molecule has 1 heterocycles. The second-order valence-corrected chi connectivity index (χ2v) is 6.32. The Kier molecular flexibility index (Phi) is 5.54. The van der Waals surface area contributed by atoms with Gasteiger partial charge in [-0.05, 0) is 31.2 Å². The normalized spacial score (nSPS) is 13.3. The Bertz CT molecular complexity index is 595. The monoisotopic (exact) mass is 324 g/mol. The summed E-state index contributed by atoms with van der Waals surface area (Å²) in [5.74, 6) is -1.38. The summed E-state index contributed by atoms with van der Waals surface area (Å²) in [6.07, 6.45) is 4.11. The van der Waals surface area contributed by atoms with E-state index in [0.29, 0.717) is 17.0 Å². The molecule has 0 radical (unpaired) electrons. The second kappa shape index (κ2) is 7.40. The SMILES string of the molecule is CCC(=O)Nc1sc2c(c1C(=O)NCCC(=O)O)CCCC2. The zero-order valence-electron chi connectivity index (χ0n) is 12.5. The van der Waals surface area contributed by atoms with Gasteiger partial charge in [-0.25, -0.2) is 0 Å². The zero-order chi connectivity index (χ0) is 16.1. The molecule has 0 aliphatic heterocycles. The number of amides is 2. The van der Waals surface area contributed by atoms with Crippen LogP contribution in [0.5, 0.6) is 0 Å². The summed E-state index contributed by atoms with van der Waals surface area (Å²) in [4.78, 5) is 35.8. The van der Waals surface area contributed by atoms with E-state index < -0.39 is 5.97 Å². The summed E-state index contributed by atoms with van der Waals surface area (Å²) in [7, 11) is 0. The summed E-state index contributed by atoms with van der Waals surface area (Å²) in [5, 5.41) is 14.7. The lowest BCUT2D eigenvalue weighted by atomic mass is 9.95. The molecule has 2 amide bonds. The summed E-state index contributed by atoms with van der Waals surface area (Å²) < 4.78 is 0. The maximum absolute atomic E-state index is 12.4. The number of anilines is 1. The molecule has 7 heteroatoms. The van der Waals surface area contributed by atoms with E-state index in [1.807, 2.05) is 0 Å². The van der Waals surface area contributed by atoms with E-state index >= 15 is 0 Å². The van der Waals surface area contributed by atoms with Crippen molar-refractivity contribution in [2.24, 2.45) is 0 Å². The van der Waals surface area contributed by atoms with E-state index in [-0.39, 0.29) is 24.8 Å². The first-order chi connectivity index (χ1) is 10.5. The highest BCUT2D eigenvalue weighted by molar-refractivity contribution is 7.17. The highest BCUT2D eigenvalue weighted by Crippen LogP contribution is 2.38. The number of hydrogen-bond acceptors (Lipinski definition) is 4. The van der Waals surface area contributed by atoms with E-state index in [2.05, 4.69) is 10.6 Å². The molecule has 0 aromatic carbocycles. The molecule has 0 saturated heterocycles. The molecule has 1 aromatic rings. The van der Waals surface area contributed by atoms with Gasteiger partial charge in [-0.1, -0.05) is 6.92 Å². The van der Waals surface area contributed by atoms with Crippen LogP contribution in [0.15, 0.2) is 0 Å². The lowest BCUT2D eigenvalue weighted by molar-refractivity contribution is -0.136. The van der Waals surface area contributed by atoms with Crippen molar-refractivity contribution < 1.29 is 19.5 Å². The number of fused-ring (bicyclic) bond motifs is 1. The molecule has 0 spiro atoms. The van der Waals surface area contributed by atoms with Crippen LogP contribution in [0.2, 0.25) is 0 Å². The van der Waals surface area contributed by atoms with Crippen LogP contribution < -0.4 is 10.6 Å². The van der Waals surface area contributed by atoms with E-state index in [1.54, 1.807) is 6.92 Å². The molecule has 0 bridgehead atoms. The van der Waals surface area contributed by atoms with Gasteiger partial charge in [0.15, 0.2) is 0 Å². The molecule has 0 saturated carbocycles. The minimum atomic E-state index is -0.952. The van der Waals surface area contributed by atoms with E-state index in [1.165, 1.54) is 11.3 Å². The first-order valence-electron chi connectivity index (χ1n) is 7.47.